The highest BCUT2D eigenvalue weighted by Crippen LogP contribution is 2.33. The zero-order valence-corrected chi connectivity index (χ0v) is 20.7. The molecule has 4 heterocycles. The van der Waals surface area contributed by atoms with Gasteiger partial charge in [0.05, 0.1) is 24.0 Å². The lowest BCUT2D eigenvalue weighted by atomic mass is 9.93. The number of carbonyl (C=O) groups excluding carboxylic acids is 1. The van der Waals surface area contributed by atoms with E-state index in [4.69, 9.17) is 0 Å². The molecule has 0 unspecified atom stereocenters. The summed E-state index contributed by atoms with van der Waals surface area (Å²) in [6.07, 6.45) is 9.87. The van der Waals surface area contributed by atoms with Crippen LogP contribution in [0.15, 0.2) is 60.6 Å². The molecule has 186 valence electrons. The first-order valence-corrected chi connectivity index (χ1v) is 11.8. The smallest absolute Gasteiger partial charge is 0.255 e. The number of halogens is 2. The SMILES string of the molecule is C=C(C)C/C(C)=C(\C=C/C)c1cnc2nccc(C3=Cc4c(C(=O)NCC(F)F)cnn4CC3)c2c1. The van der Waals surface area contributed by atoms with Gasteiger partial charge in [-0.1, -0.05) is 29.9 Å². The summed E-state index contributed by atoms with van der Waals surface area (Å²) >= 11 is 0. The van der Waals surface area contributed by atoms with E-state index in [2.05, 4.69) is 46.0 Å². The second-order valence-electron chi connectivity index (χ2n) is 8.97. The Bertz CT molecular complexity index is 1410. The normalized spacial score (nSPS) is 14.1. The number of nitrogens with zero attached hydrogens (tertiary/aromatic N) is 4. The van der Waals surface area contributed by atoms with E-state index in [0.717, 1.165) is 39.7 Å². The number of allylic oxidation sites excluding steroid dienone is 6. The monoisotopic (exact) mass is 489 g/mol. The van der Waals surface area contributed by atoms with Gasteiger partial charge < -0.3 is 5.32 Å². The average Bonchev–Trinajstić information content (AvgIpc) is 3.28. The Morgan fingerprint density at radius 2 is 2.08 bits per heavy atom. The minimum atomic E-state index is -2.61. The zero-order chi connectivity index (χ0) is 25.8. The van der Waals surface area contributed by atoms with Crippen LogP contribution in [0.1, 0.15) is 60.8 Å². The average molecular weight is 490 g/mol. The summed E-state index contributed by atoms with van der Waals surface area (Å²) in [6, 6.07) is 4.05. The second kappa shape index (κ2) is 10.8. The number of alkyl halides is 2. The van der Waals surface area contributed by atoms with Crippen LogP contribution < -0.4 is 5.32 Å². The van der Waals surface area contributed by atoms with Gasteiger partial charge in [-0.2, -0.15) is 5.10 Å². The predicted octanol–water partition coefficient (Wildman–Crippen LogP) is 6.08. The largest absolute Gasteiger partial charge is 0.346 e. The van der Waals surface area contributed by atoms with Crippen molar-refractivity contribution in [1.29, 1.82) is 0 Å². The van der Waals surface area contributed by atoms with Crippen LogP contribution in [-0.4, -0.2) is 38.6 Å². The number of hydrogen-bond donors (Lipinski definition) is 1. The van der Waals surface area contributed by atoms with Gasteiger partial charge in [-0.3, -0.25) is 9.48 Å². The molecule has 8 heteroatoms. The number of fused-ring (bicyclic) bond motifs is 2. The van der Waals surface area contributed by atoms with Crippen molar-refractivity contribution in [1.82, 2.24) is 25.1 Å². The number of rotatable bonds is 8. The Kier molecular flexibility index (Phi) is 7.52. The maximum Gasteiger partial charge on any atom is 0.255 e. The molecule has 0 bridgehead atoms. The number of aryl methyl sites for hydroxylation is 1. The molecule has 1 amide bonds. The van der Waals surface area contributed by atoms with Crippen LogP contribution in [0.5, 0.6) is 0 Å². The van der Waals surface area contributed by atoms with Gasteiger partial charge in [-0.05, 0) is 68.5 Å². The molecule has 3 aromatic heterocycles. The lowest BCUT2D eigenvalue weighted by Gasteiger charge is -2.18. The number of hydrogen-bond acceptors (Lipinski definition) is 4. The third-order valence-electron chi connectivity index (χ3n) is 6.06. The number of amides is 1. The molecule has 6 nitrogen and oxygen atoms in total. The molecule has 1 aliphatic rings. The van der Waals surface area contributed by atoms with E-state index in [-0.39, 0.29) is 5.56 Å². The molecular formula is C28H29F2N5O. The van der Waals surface area contributed by atoms with Crippen molar-refractivity contribution in [2.45, 2.75) is 46.6 Å². The highest BCUT2D eigenvalue weighted by Gasteiger charge is 2.22. The van der Waals surface area contributed by atoms with E-state index in [1.807, 2.05) is 38.3 Å². The van der Waals surface area contributed by atoms with Crippen molar-refractivity contribution in [2.24, 2.45) is 0 Å². The van der Waals surface area contributed by atoms with Crippen LogP contribution in [0.25, 0.3) is 28.3 Å². The molecule has 1 N–H and O–H groups in total. The maximum absolute atomic E-state index is 12.6. The van der Waals surface area contributed by atoms with E-state index >= 15 is 0 Å². The Morgan fingerprint density at radius 1 is 1.28 bits per heavy atom. The second-order valence-corrected chi connectivity index (χ2v) is 8.97. The van der Waals surface area contributed by atoms with Crippen molar-refractivity contribution in [3.63, 3.8) is 0 Å². The van der Waals surface area contributed by atoms with E-state index in [1.54, 1.807) is 10.9 Å². The fraction of sp³-hybridized carbons (Fsp3) is 0.286. The van der Waals surface area contributed by atoms with Crippen LogP contribution >= 0.6 is 0 Å². The number of carbonyl (C=O) groups is 1. The van der Waals surface area contributed by atoms with E-state index in [1.165, 1.54) is 11.8 Å². The summed E-state index contributed by atoms with van der Waals surface area (Å²) in [5.41, 5.74) is 7.85. The van der Waals surface area contributed by atoms with Gasteiger partial charge in [0.15, 0.2) is 5.65 Å². The van der Waals surface area contributed by atoms with Gasteiger partial charge in [0, 0.05) is 29.9 Å². The molecule has 3 aromatic rings. The van der Waals surface area contributed by atoms with Crippen molar-refractivity contribution in [3.05, 3.63) is 83.0 Å². The zero-order valence-electron chi connectivity index (χ0n) is 20.7. The summed E-state index contributed by atoms with van der Waals surface area (Å²) in [6.45, 7) is 10.0. The third-order valence-corrected chi connectivity index (χ3v) is 6.06. The van der Waals surface area contributed by atoms with Crippen molar-refractivity contribution in [2.75, 3.05) is 6.54 Å². The molecule has 0 atom stereocenters. The quantitative estimate of drug-likeness (QED) is 0.307. The molecule has 0 spiro atoms. The van der Waals surface area contributed by atoms with E-state index in [9.17, 15) is 13.6 Å². The first kappa shape index (κ1) is 25.2. The number of pyridine rings is 2. The van der Waals surface area contributed by atoms with Crippen LogP contribution in [0.2, 0.25) is 0 Å². The molecule has 4 rings (SSSR count). The standard InChI is InChI=1S/C28H29F2N5O/c1-5-6-21(18(4)11-17(2)3)20-12-23-22(7-9-31-27(23)32-14-20)19-8-10-35-25(13-19)24(15-34-35)28(36)33-16-26(29)30/h5-7,9,12-15,26H,2,8,10-11,16H2,1,3-4H3,(H,33,36)/b6-5-,21-18+. The van der Waals surface area contributed by atoms with Gasteiger partial charge in [0.1, 0.15) is 0 Å². The topological polar surface area (TPSA) is 72.7 Å². The minimum Gasteiger partial charge on any atom is -0.346 e. The summed E-state index contributed by atoms with van der Waals surface area (Å²) in [7, 11) is 0. The number of nitrogens with one attached hydrogen (secondary N) is 1. The Hall–Kier alpha value is -3.94. The van der Waals surface area contributed by atoms with Gasteiger partial charge >= 0.3 is 0 Å². The summed E-state index contributed by atoms with van der Waals surface area (Å²) in [5, 5.41) is 7.45. The molecule has 36 heavy (non-hydrogen) atoms. The molecule has 0 radical (unpaired) electrons. The summed E-state index contributed by atoms with van der Waals surface area (Å²) < 4.78 is 26.9. The van der Waals surface area contributed by atoms with Gasteiger partial charge in [-0.15, -0.1) is 0 Å². The van der Waals surface area contributed by atoms with E-state index < -0.39 is 18.9 Å². The molecule has 0 fully saturated rings. The predicted molar refractivity (Wildman–Crippen MR) is 139 cm³/mol. The van der Waals surface area contributed by atoms with Crippen molar-refractivity contribution in [3.8, 4) is 0 Å². The van der Waals surface area contributed by atoms with E-state index in [0.29, 0.717) is 24.3 Å². The third kappa shape index (κ3) is 5.32. The first-order valence-electron chi connectivity index (χ1n) is 11.8. The lowest BCUT2D eigenvalue weighted by molar-refractivity contribution is 0.0891. The molecule has 0 saturated heterocycles. The minimum absolute atomic E-state index is 0.277. The highest BCUT2D eigenvalue weighted by atomic mass is 19.3. The highest BCUT2D eigenvalue weighted by molar-refractivity contribution is 6.01. The maximum atomic E-state index is 12.6. The lowest BCUT2D eigenvalue weighted by Crippen LogP contribution is -2.29. The molecule has 0 aromatic carbocycles. The fourth-order valence-corrected chi connectivity index (χ4v) is 4.50. The van der Waals surface area contributed by atoms with Crippen LogP contribution in [-0.2, 0) is 6.54 Å². The van der Waals surface area contributed by atoms with Crippen molar-refractivity contribution < 1.29 is 13.6 Å². The van der Waals surface area contributed by atoms with Crippen LogP contribution in [0.4, 0.5) is 8.78 Å². The Balaban J connectivity index is 1.79. The molecule has 0 saturated carbocycles. The fourth-order valence-electron chi connectivity index (χ4n) is 4.50. The first-order chi connectivity index (χ1) is 17.3. The summed E-state index contributed by atoms with van der Waals surface area (Å²) in [5.74, 6) is -0.563. The van der Waals surface area contributed by atoms with Crippen LogP contribution in [0.3, 0.4) is 0 Å². The molecular weight excluding hydrogens is 460 g/mol. The Labute approximate surface area is 209 Å². The summed E-state index contributed by atoms with van der Waals surface area (Å²) in [4.78, 5) is 21.6. The number of aromatic nitrogens is 4. The molecule has 0 aliphatic carbocycles. The molecule has 1 aliphatic heterocycles. The van der Waals surface area contributed by atoms with Gasteiger partial charge in [0.2, 0.25) is 0 Å². The Morgan fingerprint density at radius 3 is 2.81 bits per heavy atom. The van der Waals surface area contributed by atoms with Crippen molar-refractivity contribution >= 4 is 34.2 Å². The van der Waals surface area contributed by atoms with Gasteiger partial charge in [0.25, 0.3) is 12.3 Å². The van der Waals surface area contributed by atoms with Gasteiger partial charge in [-0.25, -0.2) is 18.7 Å². The van der Waals surface area contributed by atoms with Crippen LogP contribution in [0, 0.1) is 0 Å².